The number of rotatable bonds is 1. The second-order valence-electron chi connectivity index (χ2n) is 8.21. The first-order valence-electron chi connectivity index (χ1n) is 10.2. The topological polar surface area (TPSA) is 12.0 Å². The average molecular weight is 312 g/mol. The van der Waals surface area contributed by atoms with Gasteiger partial charge in [-0.05, 0) is 88.6 Å². The Bertz CT molecular complexity index is 488. The SMILES string of the molecule is C1=CCC2CCC3CCCC=C3C(C3CCCCNCC3)C2=C1. The van der Waals surface area contributed by atoms with E-state index in [1.807, 2.05) is 11.1 Å². The lowest BCUT2D eigenvalue weighted by molar-refractivity contribution is 0.303. The summed E-state index contributed by atoms with van der Waals surface area (Å²) in [5.74, 6) is 3.40. The Labute approximate surface area is 142 Å². The van der Waals surface area contributed by atoms with Gasteiger partial charge in [0.2, 0.25) is 0 Å². The van der Waals surface area contributed by atoms with Crippen molar-refractivity contribution in [3.8, 4) is 0 Å². The van der Waals surface area contributed by atoms with Gasteiger partial charge in [0.25, 0.3) is 0 Å². The van der Waals surface area contributed by atoms with E-state index in [2.05, 4.69) is 29.6 Å². The lowest BCUT2D eigenvalue weighted by atomic mass is 9.68. The van der Waals surface area contributed by atoms with Crippen molar-refractivity contribution in [2.45, 2.75) is 64.2 Å². The van der Waals surface area contributed by atoms with E-state index in [0.29, 0.717) is 0 Å². The monoisotopic (exact) mass is 311 g/mol. The fourth-order valence-corrected chi connectivity index (χ4v) is 5.68. The number of allylic oxidation sites excluding steroid dienone is 6. The molecule has 0 radical (unpaired) electrons. The summed E-state index contributed by atoms with van der Waals surface area (Å²) in [5, 5.41) is 3.66. The van der Waals surface area contributed by atoms with Crippen LogP contribution in [0.25, 0.3) is 0 Å². The summed E-state index contributed by atoms with van der Waals surface area (Å²) in [6, 6.07) is 0. The first kappa shape index (κ1) is 15.7. The van der Waals surface area contributed by atoms with E-state index in [9.17, 15) is 0 Å². The van der Waals surface area contributed by atoms with E-state index >= 15 is 0 Å². The third-order valence-electron chi connectivity index (χ3n) is 6.85. The molecule has 1 saturated carbocycles. The molecule has 0 aromatic heterocycles. The number of nitrogens with one attached hydrogen (secondary N) is 1. The van der Waals surface area contributed by atoms with Crippen molar-refractivity contribution < 1.29 is 0 Å². The van der Waals surface area contributed by atoms with Gasteiger partial charge in [0.05, 0.1) is 0 Å². The molecule has 3 aliphatic carbocycles. The maximum absolute atomic E-state index is 3.66. The first-order valence-corrected chi connectivity index (χ1v) is 10.2. The summed E-state index contributed by atoms with van der Waals surface area (Å²) >= 11 is 0. The highest BCUT2D eigenvalue weighted by molar-refractivity contribution is 5.34. The number of fused-ring (bicyclic) bond motifs is 2. The Morgan fingerprint density at radius 1 is 0.826 bits per heavy atom. The van der Waals surface area contributed by atoms with Crippen LogP contribution in [0.4, 0.5) is 0 Å². The minimum Gasteiger partial charge on any atom is -0.317 e. The number of hydrogen-bond donors (Lipinski definition) is 1. The molecule has 4 rings (SSSR count). The highest BCUT2D eigenvalue weighted by Crippen LogP contribution is 2.50. The van der Waals surface area contributed by atoms with Crippen LogP contribution in [0, 0.1) is 23.7 Å². The third-order valence-corrected chi connectivity index (χ3v) is 6.85. The first-order chi connectivity index (χ1) is 11.4. The van der Waals surface area contributed by atoms with Gasteiger partial charge in [-0.3, -0.25) is 0 Å². The van der Waals surface area contributed by atoms with Gasteiger partial charge in [-0.2, -0.15) is 0 Å². The van der Waals surface area contributed by atoms with Crippen LogP contribution in [0.3, 0.4) is 0 Å². The molecule has 4 unspecified atom stereocenters. The zero-order valence-corrected chi connectivity index (χ0v) is 14.6. The normalized spacial score (nSPS) is 38.3. The molecular formula is C22H33N. The van der Waals surface area contributed by atoms with E-state index in [0.717, 1.165) is 23.7 Å². The maximum Gasteiger partial charge on any atom is 0.00445 e. The average Bonchev–Trinajstić information content (AvgIpc) is 2.72. The van der Waals surface area contributed by atoms with Crippen LogP contribution in [0.15, 0.2) is 35.5 Å². The molecule has 0 aromatic carbocycles. The third kappa shape index (κ3) is 3.36. The van der Waals surface area contributed by atoms with Gasteiger partial charge in [0.1, 0.15) is 0 Å². The highest BCUT2D eigenvalue weighted by Gasteiger charge is 2.38. The molecule has 4 atom stereocenters. The Balaban J connectivity index is 1.68. The summed E-state index contributed by atoms with van der Waals surface area (Å²) in [4.78, 5) is 0. The van der Waals surface area contributed by atoms with Crippen molar-refractivity contribution in [1.29, 1.82) is 0 Å². The maximum atomic E-state index is 3.66. The van der Waals surface area contributed by atoms with Crippen molar-refractivity contribution in [3.63, 3.8) is 0 Å². The van der Waals surface area contributed by atoms with Crippen LogP contribution in [0.2, 0.25) is 0 Å². The summed E-state index contributed by atoms with van der Waals surface area (Å²) in [7, 11) is 0. The minimum atomic E-state index is 0.776. The van der Waals surface area contributed by atoms with Gasteiger partial charge in [-0.25, -0.2) is 0 Å². The summed E-state index contributed by atoms with van der Waals surface area (Å²) in [6.07, 6.45) is 24.0. The minimum absolute atomic E-state index is 0.776. The van der Waals surface area contributed by atoms with Crippen molar-refractivity contribution in [1.82, 2.24) is 5.32 Å². The van der Waals surface area contributed by atoms with Crippen LogP contribution >= 0.6 is 0 Å². The van der Waals surface area contributed by atoms with Gasteiger partial charge < -0.3 is 5.32 Å². The van der Waals surface area contributed by atoms with E-state index < -0.39 is 0 Å². The summed E-state index contributed by atoms with van der Waals surface area (Å²) < 4.78 is 0. The Hall–Kier alpha value is -0.820. The molecule has 0 aromatic rings. The molecule has 2 fully saturated rings. The number of hydrogen-bond acceptors (Lipinski definition) is 1. The fourth-order valence-electron chi connectivity index (χ4n) is 5.68. The molecule has 1 N–H and O–H groups in total. The van der Waals surface area contributed by atoms with Gasteiger partial charge >= 0.3 is 0 Å². The van der Waals surface area contributed by atoms with E-state index in [1.165, 1.54) is 77.3 Å². The zero-order chi connectivity index (χ0) is 15.5. The van der Waals surface area contributed by atoms with Gasteiger partial charge in [-0.15, -0.1) is 0 Å². The van der Waals surface area contributed by atoms with Crippen LogP contribution in [-0.2, 0) is 0 Å². The molecule has 0 amide bonds. The van der Waals surface area contributed by atoms with E-state index in [4.69, 9.17) is 0 Å². The molecule has 1 saturated heterocycles. The summed E-state index contributed by atoms with van der Waals surface area (Å²) in [6.45, 7) is 2.46. The molecular weight excluding hydrogens is 278 g/mol. The molecule has 0 spiro atoms. The van der Waals surface area contributed by atoms with Gasteiger partial charge in [0.15, 0.2) is 0 Å². The Morgan fingerprint density at radius 2 is 1.78 bits per heavy atom. The lowest BCUT2D eigenvalue weighted by Gasteiger charge is -2.37. The van der Waals surface area contributed by atoms with Crippen molar-refractivity contribution in [2.24, 2.45) is 23.7 Å². The largest absolute Gasteiger partial charge is 0.317 e. The second kappa shape index (κ2) is 7.38. The van der Waals surface area contributed by atoms with Crippen molar-refractivity contribution in [2.75, 3.05) is 13.1 Å². The Morgan fingerprint density at radius 3 is 2.78 bits per heavy atom. The molecule has 4 aliphatic rings. The second-order valence-corrected chi connectivity index (χ2v) is 8.21. The van der Waals surface area contributed by atoms with Gasteiger partial charge in [-0.1, -0.05) is 41.9 Å². The van der Waals surface area contributed by atoms with Crippen LogP contribution < -0.4 is 5.32 Å². The Kier molecular flexibility index (Phi) is 5.04. The molecule has 1 aliphatic heterocycles. The van der Waals surface area contributed by atoms with E-state index in [1.54, 1.807) is 0 Å². The highest BCUT2D eigenvalue weighted by atomic mass is 14.8. The predicted molar refractivity (Wildman–Crippen MR) is 98.3 cm³/mol. The molecule has 0 bridgehead atoms. The van der Waals surface area contributed by atoms with Crippen LogP contribution in [0.5, 0.6) is 0 Å². The fraction of sp³-hybridized carbons (Fsp3) is 0.727. The lowest BCUT2D eigenvalue weighted by Crippen LogP contribution is -2.30. The predicted octanol–water partition coefficient (Wildman–Crippen LogP) is 5.41. The molecule has 1 nitrogen and oxygen atoms in total. The van der Waals surface area contributed by atoms with Gasteiger partial charge in [0, 0.05) is 5.92 Å². The molecule has 23 heavy (non-hydrogen) atoms. The molecule has 1 heterocycles. The van der Waals surface area contributed by atoms with Crippen LogP contribution in [-0.4, -0.2) is 13.1 Å². The van der Waals surface area contributed by atoms with Crippen molar-refractivity contribution in [3.05, 3.63) is 35.5 Å². The van der Waals surface area contributed by atoms with Crippen LogP contribution in [0.1, 0.15) is 64.2 Å². The quantitative estimate of drug-likeness (QED) is 0.639. The smallest absolute Gasteiger partial charge is 0.00445 e. The van der Waals surface area contributed by atoms with Crippen molar-refractivity contribution >= 4 is 0 Å². The molecule has 126 valence electrons. The molecule has 1 heteroatoms. The summed E-state index contributed by atoms with van der Waals surface area (Å²) in [5.41, 5.74) is 3.68. The standard InChI is InChI=1S/C22H33N/c1-3-10-20-17(7-1)12-13-18-8-2-4-11-21(18)22(20)19-9-5-6-15-23-16-14-19/h1,3,10-11,17-19,22-23H,2,4-9,12-16H2. The zero-order valence-electron chi connectivity index (χ0n) is 14.6. The van der Waals surface area contributed by atoms with E-state index in [-0.39, 0.29) is 0 Å².